The maximum atomic E-state index is 5.51. The van der Waals surface area contributed by atoms with Crippen molar-refractivity contribution in [2.75, 3.05) is 5.88 Å². The van der Waals surface area contributed by atoms with Gasteiger partial charge < -0.3 is 0 Å². The predicted octanol–water partition coefficient (Wildman–Crippen LogP) is 2.40. The molecule has 0 aromatic carbocycles. The molecule has 0 fully saturated rings. The minimum Gasteiger partial charge on any atom is -0.127 e. The van der Waals surface area contributed by atoms with Crippen LogP contribution in [0.1, 0.15) is 45.4 Å². The van der Waals surface area contributed by atoms with Crippen LogP contribution in [0.4, 0.5) is 0 Å². The maximum Gasteiger partial charge on any atom is 0.187 e. The van der Waals surface area contributed by atoms with Gasteiger partial charge in [0.1, 0.15) is 0 Å². The Bertz CT molecular complexity index is 42.5. The zero-order valence-corrected chi connectivity index (χ0v) is 7.08. The molecule has 0 heterocycles. The van der Waals surface area contributed by atoms with Crippen LogP contribution in [0.3, 0.4) is 0 Å². The number of halogens is 1. The molecule has 0 spiro atoms. The highest BCUT2D eigenvalue weighted by Crippen LogP contribution is 2.04. The minimum absolute atomic E-state index is 0. The second-order valence-electron chi connectivity index (χ2n) is 2.46. The fraction of sp³-hybridized carbons (Fsp3) is 1.00. The summed E-state index contributed by atoms with van der Waals surface area (Å²) in [6, 6.07) is 0. The van der Waals surface area contributed by atoms with E-state index in [1.54, 1.807) is 0 Å². The summed E-state index contributed by atoms with van der Waals surface area (Å²) in [4.78, 5) is 0. The molecule has 0 aromatic rings. The van der Waals surface area contributed by atoms with Gasteiger partial charge in [-0.05, 0) is 6.42 Å². The van der Waals surface area contributed by atoms with Crippen molar-refractivity contribution in [2.45, 2.75) is 45.4 Å². The molecule has 0 rings (SSSR count). The van der Waals surface area contributed by atoms with Crippen LogP contribution in [0.15, 0.2) is 0 Å². The van der Waals surface area contributed by atoms with E-state index in [1.807, 2.05) is 0 Å². The van der Waals surface area contributed by atoms with Crippen molar-refractivity contribution in [3.63, 3.8) is 0 Å². The van der Waals surface area contributed by atoms with Gasteiger partial charge in [-0.3, -0.25) is 0 Å². The predicted molar refractivity (Wildman–Crippen MR) is 54.0 cm³/mol. The van der Waals surface area contributed by atoms with Crippen molar-refractivity contribution in [3.05, 3.63) is 0 Å². The van der Waals surface area contributed by atoms with E-state index in [-0.39, 0.29) is 17.4 Å². The van der Waals surface area contributed by atoms with Crippen molar-refractivity contribution in [2.24, 2.45) is 0 Å². The third-order valence-corrected chi connectivity index (χ3v) is 1.75. The summed E-state index contributed by atoms with van der Waals surface area (Å²) in [5, 5.41) is 0. The van der Waals surface area contributed by atoms with Crippen LogP contribution < -0.4 is 0 Å². The fourth-order valence-electron chi connectivity index (χ4n) is 0.875. The Morgan fingerprint density at radius 2 is 1.40 bits per heavy atom. The van der Waals surface area contributed by atoms with Crippen molar-refractivity contribution in [3.8, 4) is 0 Å². The van der Waals surface area contributed by atoms with Crippen molar-refractivity contribution in [1.29, 1.82) is 0 Å². The van der Waals surface area contributed by atoms with E-state index < -0.39 is 0 Å². The lowest BCUT2D eigenvalue weighted by molar-refractivity contribution is 0.626. The van der Waals surface area contributed by atoms with Gasteiger partial charge >= 0.3 is 0 Å². The molecule has 0 unspecified atom stereocenters. The highest BCUT2D eigenvalue weighted by Gasteiger charge is 1.86. The Hall–Kier alpha value is 0.822. The van der Waals surface area contributed by atoms with E-state index in [1.165, 1.54) is 38.5 Å². The van der Waals surface area contributed by atoms with E-state index in [0.717, 1.165) is 5.88 Å². The Labute approximate surface area is 80.5 Å². The van der Waals surface area contributed by atoms with Gasteiger partial charge in [-0.2, -0.15) is 0 Å². The van der Waals surface area contributed by atoms with Crippen molar-refractivity contribution < 1.29 is 0 Å². The maximum absolute atomic E-state index is 5.51. The third-order valence-electron chi connectivity index (χ3n) is 1.49. The third kappa shape index (κ3) is 11.6. The molecule has 0 aromatic heterocycles. The van der Waals surface area contributed by atoms with E-state index in [4.69, 9.17) is 11.6 Å². The first kappa shape index (κ1) is 13.4. The quantitative estimate of drug-likeness (QED) is 0.333. The molecule has 0 N–H and O–H groups in total. The molecule has 0 aliphatic rings. The Balaban J connectivity index is 0. The standard InChI is InChI=1S/C8H17Cl.Al.3H/c1-2-3-4-5-6-7-8-9;;;;/h2-8H2,1H3;;;;. The first-order chi connectivity index (χ1) is 4.41. The summed E-state index contributed by atoms with van der Waals surface area (Å²) in [7, 11) is 0. The second-order valence-corrected chi connectivity index (χ2v) is 2.83. The molecular formula is C8H20AlCl. The largest absolute Gasteiger partial charge is 0.187 e. The van der Waals surface area contributed by atoms with Crippen molar-refractivity contribution >= 4 is 29.0 Å². The van der Waals surface area contributed by atoms with Crippen LogP contribution in [-0.4, -0.2) is 23.2 Å². The molecule has 0 aliphatic heterocycles. The zero-order chi connectivity index (χ0) is 6.95. The average Bonchev–Trinajstić information content (AvgIpc) is 1.89. The molecule has 2 heteroatoms. The summed E-state index contributed by atoms with van der Waals surface area (Å²) in [5.74, 6) is 0.839. The Morgan fingerprint density at radius 3 is 1.90 bits per heavy atom. The number of hydrogen-bond acceptors (Lipinski definition) is 0. The van der Waals surface area contributed by atoms with Gasteiger partial charge in [0.15, 0.2) is 17.4 Å². The molecule has 0 atom stereocenters. The van der Waals surface area contributed by atoms with Crippen LogP contribution in [0, 0.1) is 0 Å². The zero-order valence-electron chi connectivity index (χ0n) is 6.33. The topological polar surface area (TPSA) is 0 Å². The number of alkyl halides is 1. The summed E-state index contributed by atoms with van der Waals surface area (Å²) < 4.78 is 0. The highest BCUT2D eigenvalue weighted by molar-refractivity contribution is 6.17. The molecule has 0 nitrogen and oxygen atoms in total. The van der Waals surface area contributed by atoms with Gasteiger partial charge in [0.05, 0.1) is 0 Å². The first-order valence-corrected chi connectivity index (χ1v) is 4.51. The molecule has 62 valence electrons. The lowest BCUT2D eigenvalue weighted by Gasteiger charge is -1.95. The van der Waals surface area contributed by atoms with Crippen LogP contribution in [0.25, 0.3) is 0 Å². The molecule has 0 bridgehead atoms. The van der Waals surface area contributed by atoms with Gasteiger partial charge in [-0.15, -0.1) is 11.6 Å². The smallest absolute Gasteiger partial charge is 0.127 e. The van der Waals surface area contributed by atoms with Gasteiger partial charge in [0, 0.05) is 5.88 Å². The summed E-state index contributed by atoms with van der Waals surface area (Å²) in [6.07, 6.45) is 8.02. The lowest BCUT2D eigenvalue weighted by atomic mass is 10.1. The monoisotopic (exact) mass is 178 g/mol. The number of hydrogen-bond donors (Lipinski definition) is 0. The molecule has 0 radical (unpaired) electrons. The van der Waals surface area contributed by atoms with E-state index in [0.29, 0.717) is 0 Å². The average molecular weight is 179 g/mol. The number of unbranched alkanes of at least 4 members (excludes halogenated alkanes) is 5. The van der Waals surface area contributed by atoms with Gasteiger partial charge in [0.25, 0.3) is 0 Å². The molecular weight excluding hydrogens is 159 g/mol. The van der Waals surface area contributed by atoms with Crippen molar-refractivity contribution in [1.82, 2.24) is 0 Å². The summed E-state index contributed by atoms with van der Waals surface area (Å²) >= 11 is 5.51. The second kappa shape index (κ2) is 12.5. The van der Waals surface area contributed by atoms with Crippen LogP contribution in [-0.2, 0) is 0 Å². The van der Waals surface area contributed by atoms with Gasteiger partial charge in [0.2, 0.25) is 0 Å². The van der Waals surface area contributed by atoms with E-state index in [2.05, 4.69) is 6.92 Å². The minimum atomic E-state index is 0. The van der Waals surface area contributed by atoms with Crippen LogP contribution in [0.2, 0.25) is 0 Å². The molecule has 0 saturated heterocycles. The number of rotatable bonds is 6. The Kier molecular flexibility index (Phi) is 16.8. The van der Waals surface area contributed by atoms with E-state index in [9.17, 15) is 0 Å². The highest BCUT2D eigenvalue weighted by atomic mass is 35.5. The van der Waals surface area contributed by atoms with E-state index >= 15 is 0 Å². The van der Waals surface area contributed by atoms with Gasteiger partial charge in [-0.25, -0.2) is 0 Å². The summed E-state index contributed by atoms with van der Waals surface area (Å²) in [5.41, 5.74) is 0. The van der Waals surface area contributed by atoms with Crippen LogP contribution >= 0.6 is 11.6 Å². The fourth-order valence-corrected chi connectivity index (χ4v) is 1.06. The molecule has 10 heavy (non-hydrogen) atoms. The van der Waals surface area contributed by atoms with Gasteiger partial charge in [-0.1, -0.05) is 39.0 Å². The lowest BCUT2D eigenvalue weighted by Crippen LogP contribution is -1.78. The molecule has 0 amide bonds. The summed E-state index contributed by atoms with van der Waals surface area (Å²) in [6.45, 7) is 2.24. The first-order valence-electron chi connectivity index (χ1n) is 3.97. The molecule has 0 aliphatic carbocycles. The Morgan fingerprint density at radius 1 is 0.900 bits per heavy atom. The normalized spacial score (nSPS) is 9.00. The van der Waals surface area contributed by atoms with Crippen LogP contribution in [0.5, 0.6) is 0 Å². The molecule has 0 saturated carbocycles. The SMILES string of the molecule is CCCCCCCCCl.[AlH3].